The molecule has 0 aliphatic carbocycles. The first-order valence-corrected chi connectivity index (χ1v) is 5.90. The summed E-state index contributed by atoms with van der Waals surface area (Å²) in [6.07, 6.45) is 3.64. The molecule has 1 aromatic heterocycles. The van der Waals surface area contributed by atoms with Crippen molar-refractivity contribution in [2.75, 3.05) is 0 Å². The van der Waals surface area contributed by atoms with E-state index in [2.05, 4.69) is 10.4 Å². The van der Waals surface area contributed by atoms with E-state index in [1.54, 1.807) is 12.3 Å². The lowest BCUT2D eigenvalue weighted by molar-refractivity contribution is 0.556. The van der Waals surface area contributed by atoms with E-state index in [1.807, 2.05) is 24.6 Å². The lowest BCUT2D eigenvalue weighted by Crippen LogP contribution is -2.31. The summed E-state index contributed by atoms with van der Waals surface area (Å²) in [5, 5.41) is 0. The summed E-state index contributed by atoms with van der Waals surface area (Å²) in [6, 6.07) is 4.44. The SMILES string of the molecule is CCn1ccnc1C(NN)c1ccc(F)cc1C. The molecule has 0 saturated heterocycles. The molecule has 3 N–H and O–H groups in total. The summed E-state index contributed by atoms with van der Waals surface area (Å²) in [5.74, 6) is 6.21. The molecule has 0 bridgehead atoms. The maximum atomic E-state index is 13.1. The van der Waals surface area contributed by atoms with Gasteiger partial charge in [-0.15, -0.1) is 0 Å². The lowest BCUT2D eigenvalue weighted by Gasteiger charge is -2.19. The van der Waals surface area contributed by atoms with E-state index in [1.165, 1.54) is 12.1 Å². The van der Waals surface area contributed by atoms with Crippen LogP contribution in [0, 0.1) is 12.7 Å². The summed E-state index contributed by atoms with van der Waals surface area (Å²) in [6.45, 7) is 4.71. The lowest BCUT2D eigenvalue weighted by atomic mass is 10.0. The molecule has 96 valence electrons. The smallest absolute Gasteiger partial charge is 0.131 e. The predicted molar refractivity (Wildman–Crippen MR) is 68.2 cm³/mol. The molecule has 0 spiro atoms. The van der Waals surface area contributed by atoms with Gasteiger partial charge in [-0.05, 0) is 37.1 Å². The third kappa shape index (κ3) is 2.27. The normalized spacial score (nSPS) is 12.7. The van der Waals surface area contributed by atoms with Gasteiger partial charge in [-0.2, -0.15) is 0 Å². The van der Waals surface area contributed by atoms with E-state index in [-0.39, 0.29) is 11.9 Å². The van der Waals surface area contributed by atoms with Gasteiger partial charge < -0.3 is 4.57 Å². The monoisotopic (exact) mass is 248 g/mol. The Kier molecular flexibility index (Phi) is 3.74. The van der Waals surface area contributed by atoms with Crippen molar-refractivity contribution in [3.63, 3.8) is 0 Å². The minimum absolute atomic E-state index is 0.236. The molecule has 2 rings (SSSR count). The second-order valence-electron chi connectivity index (χ2n) is 4.17. The number of nitrogens with two attached hydrogens (primary N) is 1. The Morgan fingerprint density at radius 2 is 2.28 bits per heavy atom. The first kappa shape index (κ1) is 12.7. The van der Waals surface area contributed by atoms with E-state index < -0.39 is 0 Å². The van der Waals surface area contributed by atoms with E-state index in [4.69, 9.17) is 5.84 Å². The van der Waals surface area contributed by atoms with Crippen LogP contribution in [0.3, 0.4) is 0 Å². The van der Waals surface area contributed by atoms with Gasteiger partial charge in [-0.3, -0.25) is 5.84 Å². The van der Waals surface area contributed by atoms with Gasteiger partial charge in [-0.25, -0.2) is 14.8 Å². The van der Waals surface area contributed by atoms with E-state index in [9.17, 15) is 4.39 Å². The molecule has 0 radical (unpaired) electrons. The van der Waals surface area contributed by atoms with Crippen LogP contribution < -0.4 is 11.3 Å². The Morgan fingerprint density at radius 3 is 2.89 bits per heavy atom. The average Bonchev–Trinajstić information content (AvgIpc) is 2.81. The molecule has 1 atom stereocenters. The Balaban J connectivity index is 2.45. The molecule has 0 aliphatic rings. The van der Waals surface area contributed by atoms with Gasteiger partial charge in [0, 0.05) is 18.9 Å². The number of aromatic nitrogens is 2. The zero-order valence-electron chi connectivity index (χ0n) is 10.5. The Labute approximate surface area is 106 Å². The summed E-state index contributed by atoms with van der Waals surface area (Å²) in [4.78, 5) is 4.32. The van der Waals surface area contributed by atoms with Gasteiger partial charge in [0.2, 0.25) is 0 Å². The van der Waals surface area contributed by atoms with Crippen LogP contribution in [0.15, 0.2) is 30.6 Å². The Bertz CT molecular complexity index is 536. The predicted octanol–water partition coefficient (Wildman–Crippen LogP) is 1.90. The Hall–Kier alpha value is -1.72. The Morgan fingerprint density at radius 1 is 1.50 bits per heavy atom. The van der Waals surface area contributed by atoms with Gasteiger partial charge in [0.15, 0.2) is 0 Å². The molecule has 5 heteroatoms. The van der Waals surface area contributed by atoms with Gasteiger partial charge >= 0.3 is 0 Å². The molecular weight excluding hydrogens is 231 g/mol. The van der Waals surface area contributed by atoms with Gasteiger partial charge in [0.1, 0.15) is 17.7 Å². The molecule has 0 saturated carbocycles. The molecule has 0 amide bonds. The summed E-state index contributed by atoms with van der Waals surface area (Å²) in [7, 11) is 0. The van der Waals surface area contributed by atoms with E-state index >= 15 is 0 Å². The molecule has 1 aromatic carbocycles. The highest BCUT2D eigenvalue weighted by molar-refractivity contribution is 5.33. The molecule has 4 nitrogen and oxygen atoms in total. The fourth-order valence-electron chi connectivity index (χ4n) is 2.11. The molecule has 1 heterocycles. The van der Waals surface area contributed by atoms with Crippen LogP contribution in [0.1, 0.15) is 29.9 Å². The zero-order valence-corrected chi connectivity index (χ0v) is 10.5. The van der Waals surface area contributed by atoms with E-state index in [0.29, 0.717) is 0 Å². The third-order valence-corrected chi connectivity index (χ3v) is 3.06. The topological polar surface area (TPSA) is 55.9 Å². The van der Waals surface area contributed by atoms with Crippen molar-refractivity contribution in [2.45, 2.75) is 26.4 Å². The molecular formula is C13H17FN4. The zero-order chi connectivity index (χ0) is 13.1. The van der Waals surface area contributed by atoms with Gasteiger partial charge in [-0.1, -0.05) is 6.07 Å². The van der Waals surface area contributed by atoms with Crippen LogP contribution in [-0.2, 0) is 6.54 Å². The number of imidazole rings is 1. The minimum Gasteiger partial charge on any atom is -0.334 e. The highest BCUT2D eigenvalue weighted by Crippen LogP contribution is 2.23. The minimum atomic E-state index is -0.245. The van der Waals surface area contributed by atoms with Crippen LogP contribution in [-0.4, -0.2) is 9.55 Å². The summed E-state index contributed by atoms with van der Waals surface area (Å²) >= 11 is 0. The fraction of sp³-hybridized carbons (Fsp3) is 0.308. The quantitative estimate of drug-likeness (QED) is 0.642. The van der Waals surface area contributed by atoms with Crippen LogP contribution in [0.4, 0.5) is 4.39 Å². The van der Waals surface area contributed by atoms with Crippen LogP contribution in [0.25, 0.3) is 0 Å². The average molecular weight is 248 g/mol. The number of hydrogen-bond acceptors (Lipinski definition) is 3. The van der Waals surface area contributed by atoms with Crippen molar-refractivity contribution < 1.29 is 4.39 Å². The number of nitrogens with one attached hydrogen (secondary N) is 1. The standard InChI is InChI=1S/C13H17FN4/c1-3-18-7-6-16-13(18)12(17-15)11-5-4-10(14)8-9(11)2/h4-8,12,17H,3,15H2,1-2H3. The number of nitrogens with zero attached hydrogens (tertiary/aromatic N) is 2. The molecule has 0 fully saturated rings. The van der Waals surface area contributed by atoms with Crippen LogP contribution in [0.5, 0.6) is 0 Å². The van der Waals surface area contributed by atoms with Crippen molar-refractivity contribution in [3.05, 3.63) is 53.4 Å². The van der Waals surface area contributed by atoms with E-state index in [0.717, 1.165) is 23.5 Å². The summed E-state index contributed by atoms with van der Waals surface area (Å²) < 4.78 is 15.1. The van der Waals surface area contributed by atoms with Gasteiger partial charge in [0.05, 0.1) is 0 Å². The molecule has 1 unspecified atom stereocenters. The van der Waals surface area contributed by atoms with Gasteiger partial charge in [0.25, 0.3) is 0 Å². The summed E-state index contributed by atoms with van der Waals surface area (Å²) in [5.41, 5.74) is 4.53. The molecule has 2 aromatic rings. The highest BCUT2D eigenvalue weighted by Gasteiger charge is 2.19. The number of hydrazine groups is 1. The maximum Gasteiger partial charge on any atom is 0.131 e. The first-order chi connectivity index (χ1) is 8.67. The third-order valence-electron chi connectivity index (χ3n) is 3.06. The van der Waals surface area contributed by atoms with Crippen LogP contribution in [0.2, 0.25) is 0 Å². The number of rotatable bonds is 4. The molecule has 0 aliphatic heterocycles. The largest absolute Gasteiger partial charge is 0.334 e. The number of aryl methyl sites for hydroxylation is 2. The number of benzene rings is 1. The van der Waals surface area contributed by atoms with Crippen molar-refractivity contribution in [1.29, 1.82) is 0 Å². The van der Waals surface area contributed by atoms with Crippen LogP contribution >= 0.6 is 0 Å². The maximum absolute atomic E-state index is 13.1. The first-order valence-electron chi connectivity index (χ1n) is 5.90. The highest BCUT2D eigenvalue weighted by atomic mass is 19.1. The van der Waals surface area contributed by atoms with Crippen molar-refractivity contribution in [1.82, 2.24) is 15.0 Å². The van der Waals surface area contributed by atoms with Crippen molar-refractivity contribution in [2.24, 2.45) is 5.84 Å². The second-order valence-corrected chi connectivity index (χ2v) is 4.17. The van der Waals surface area contributed by atoms with Crippen molar-refractivity contribution in [3.8, 4) is 0 Å². The van der Waals surface area contributed by atoms with Crippen molar-refractivity contribution >= 4 is 0 Å². The molecule has 18 heavy (non-hydrogen) atoms. The number of hydrogen-bond donors (Lipinski definition) is 2. The fourth-order valence-corrected chi connectivity index (χ4v) is 2.11. The number of halogens is 1. The second kappa shape index (κ2) is 5.29.